The van der Waals surface area contributed by atoms with Gasteiger partial charge in [0.2, 0.25) is 0 Å². The lowest BCUT2D eigenvalue weighted by atomic mass is 9.43. The van der Waals surface area contributed by atoms with E-state index in [0.29, 0.717) is 36.2 Å². The first kappa shape index (κ1) is 33.1. The lowest BCUT2D eigenvalue weighted by molar-refractivity contribution is -0.174. The molecule has 3 nitrogen and oxygen atoms in total. The van der Waals surface area contributed by atoms with Crippen molar-refractivity contribution < 1.29 is 27.8 Å². The Balaban J connectivity index is 1.31. The number of methoxy groups -OCH3 is 1. The second-order valence-corrected chi connectivity index (χ2v) is 15.7. The molecule has 0 radical (unpaired) electrons. The van der Waals surface area contributed by atoms with Crippen molar-refractivity contribution in [2.75, 3.05) is 7.11 Å². The summed E-state index contributed by atoms with van der Waals surface area (Å²) in [6.45, 7) is 11.2. The quantitative estimate of drug-likeness (QED) is 0.288. The zero-order valence-corrected chi connectivity index (χ0v) is 27.5. The molecular weight excluding hydrogens is 549 g/mol. The van der Waals surface area contributed by atoms with Crippen LogP contribution in [0.25, 0.3) is 0 Å². The molecule has 4 fully saturated rings. The largest absolute Gasteiger partial charge is 0.497 e. The van der Waals surface area contributed by atoms with E-state index < -0.39 is 17.7 Å². The number of rotatable bonds is 10. The Bertz CT molecular complexity index is 1070. The topological polar surface area (TPSA) is 38.7 Å². The van der Waals surface area contributed by atoms with Crippen LogP contribution in [-0.2, 0) is 11.3 Å². The summed E-state index contributed by atoms with van der Waals surface area (Å²) in [5, 5.41) is 11.2. The lowest BCUT2D eigenvalue weighted by Crippen LogP contribution is -2.56. The predicted octanol–water partition coefficient (Wildman–Crippen LogP) is 10.00. The first-order chi connectivity index (χ1) is 20.2. The lowest BCUT2D eigenvalue weighted by Gasteiger charge is -2.62. The monoisotopic (exact) mass is 606 g/mol. The van der Waals surface area contributed by atoms with Gasteiger partial charge in [0, 0.05) is 0 Å². The summed E-state index contributed by atoms with van der Waals surface area (Å²) in [5.74, 6) is 2.88. The molecule has 0 spiro atoms. The predicted molar refractivity (Wildman–Crippen MR) is 166 cm³/mol. The van der Waals surface area contributed by atoms with Gasteiger partial charge in [-0.3, -0.25) is 0 Å². The molecule has 11 atom stereocenters. The average molecular weight is 607 g/mol. The minimum Gasteiger partial charge on any atom is -0.497 e. The van der Waals surface area contributed by atoms with Crippen LogP contribution in [0.15, 0.2) is 24.3 Å². The van der Waals surface area contributed by atoms with Crippen molar-refractivity contribution >= 4 is 0 Å². The molecule has 1 aromatic rings. The fourth-order valence-corrected chi connectivity index (χ4v) is 10.8. The fraction of sp³-hybridized carbons (Fsp3) is 0.838. The summed E-state index contributed by atoms with van der Waals surface area (Å²) in [6.07, 6.45) is 7.40. The van der Waals surface area contributed by atoms with E-state index in [4.69, 9.17) is 9.47 Å². The minimum absolute atomic E-state index is 0.0997. The summed E-state index contributed by atoms with van der Waals surface area (Å²) in [7, 11) is 1.64. The number of fused-ring (bicyclic) bond motifs is 5. The van der Waals surface area contributed by atoms with Gasteiger partial charge in [-0.05, 0) is 141 Å². The highest BCUT2D eigenvalue weighted by Gasteiger charge is 2.62. The van der Waals surface area contributed by atoms with Crippen LogP contribution in [0.3, 0.4) is 0 Å². The van der Waals surface area contributed by atoms with E-state index in [1.807, 2.05) is 24.3 Å². The van der Waals surface area contributed by atoms with Crippen LogP contribution in [0.1, 0.15) is 117 Å². The number of benzene rings is 1. The maximum absolute atomic E-state index is 13.5. The zero-order chi connectivity index (χ0) is 31.2. The van der Waals surface area contributed by atoms with Crippen LogP contribution < -0.4 is 4.74 Å². The second-order valence-electron chi connectivity index (χ2n) is 15.7. The van der Waals surface area contributed by atoms with E-state index in [1.54, 1.807) is 7.11 Å². The summed E-state index contributed by atoms with van der Waals surface area (Å²) >= 11 is 0. The minimum atomic E-state index is -4.17. The van der Waals surface area contributed by atoms with E-state index in [0.717, 1.165) is 55.3 Å². The highest BCUT2D eigenvalue weighted by atomic mass is 19.4. The Morgan fingerprint density at radius 1 is 0.907 bits per heavy atom. The van der Waals surface area contributed by atoms with Gasteiger partial charge >= 0.3 is 6.18 Å². The molecule has 0 aromatic heterocycles. The van der Waals surface area contributed by atoms with Gasteiger partial charge in [0.25, 0.3) is 0 Å². The number of alkyl halides is 3. The molecule has 0 saturated heterocycles. The summed E-state index contributed by atoms with van der Waals surface area (Å²) in [4.78, 5) is 0. The van der Waals surface area contributed by atoms with Crippen molar-refractivity contribution in [3.05, 3.63) is 29.8 Å². The zero-order valence-electron chi connectivity index (χ0n) is 27.5. The molecule has 4 aliphatic rings. The Labute approximate surface area is 258 Å². The number of halogens is 3. The molecule has 43 heavy (non-hydrogen) atoms. The Morgan fingerprint density at radius 3 is 2.26 bits per heavy atom. The van der Waals surface area contributed by atoms with Gasteiger partial charge in [-0.1, -0.05) is 46.8 Å². The average Bonchev–Trinajstić information content (AvgIpc) is 3.34. The first-order valence-corrected chi connectivity index (χ1v) is 17.3. The van der Waals surface area contributed by atoms with E-state index in [2.05, 4.69) is 27.7 Å². The molecule has 5 rings (SSSR count). The van der Waals surface area contributed by atoms with Crippen LogP contribution in [0, 0.1) is 52.3 Å². The molecule has 0 bridgehead atoms. The summed E-state index contributed by atoms with van der Waals surface area (Å²) in [5.41, 5.74) is 1.08. The van der Waals surface area contributed by atoms with Crippen molar-refractivity contribution in [3.63, 3.8) is 0 Å². The van der Waals surface area contributed by atoms with Crippen molar-refractivity contribution in [1.29, 1.82) is 0 Å². The van der Waals surface area contributed by atoms with E-state index in [1.165, 1.54) is 39.0 Å². The molecular formula is C37H57F3O3. The number of ether oxygens (including phenoxy) is 2. The van der Waals surface area contributed by atoms with E-state index in [9.17, 15) is 18.3 Å². The van der Waals surface area contributed by atoms with Crippen LogP contribution in [-0.4, -0.2) is 30.1 Å². The van der Waals surface area contributed by atoms with Gasteiger partial charge in [-0.15, -0.1) is 0 Å². The van der Waals surface area contributed by atoms with Gasteiger partial charge in [0.05, 0.1) is 31.3 Å². The van der Waals surface area contributed by atoms with E-state index >= 15 is 0 Å². The Kier molecular flexibility index (Phi) is 9.62. The van der Waals surface area contributed by atoms with Gasteiger partial charge in [0.15, 0.2) is 0 Å². The van der Waals surface area contributed by atoms with Crippen LogP contribution in [0.4, 0.5) is 13.2 Å². The molecule has 244 valence electrons. The second kappa shape index (κ2) is 12.5. The molecule has 4 saturated carbocycles. The third-order valence-electron chi connectivity index (χ3n) is 13.8. The van der Waals surface area contributed by atoms with Crippen molar-refractivity contribution in [2.45, 2.75) is 136 Å². The van der Waals surface area contributed by atoms with Crippen molar-refractivity contribution in [1.82, 2.24) is 0 Å². The van der Waals surface area contributed by atoms with Gasteiger partial charge in [-0.25, -0.2) is 0 Å². The van der Waals surface area contributed by atoms with E-state index in [-0.39, 0.29) is 23.9 Å². The number of hydrogen-bond acceptors (Lipinski definition) is 3. The fourth-order valence-electron chi connectivity index (χ4n) is 10.8. The molecule has 1 aromatic carbocycles. The first-order valence-electron chi connectivity index (χ1n) is 17.3. The SMILES string of the molecule is CC[C@@]1(O)CC[C@@]2(C)[C@H](CC[C@@H]3[C@@H]2CC[C@]2(C)[C@@H]([C@H](C)C(CC[C@H](C)C(F)(F)F)OCc4ccc(OC)cc4)CC[C@@H]32)C1. The molecule has 0 amide bonds. The van der Waals surface area contributed by atoms with Crippen molar-refractivity contribution in [2.24, 2.45) is 52.3 Å². The third-order valence-corrected chi connectivity index (χ3v) is 13.8. The number of aliphatic hydroxyl groups is 1. The summed E-state index contributed by atoms with van der Waals surface area (Å²) in [6, 6.07) is 7.79. The van der Waals surface area contributed by atoms with Crippen LogP contribution in [0.2, 0.25) is 0 Å². The molecule has 0 aliphatic heterocycles. The standard InChI is InChI=1S/C37H57F3O3/c1-7-36(41)21-20-34(4)27(22-36)11-14-29-31-16-15-30(35(31,5)19-18-32(29)34)25(3)33(17-8-24(2)37(38,39)40)43-23-26-9-12-28(42-6)13-10-26/h9-10,12-13,24-25,27,29-33,41H,7-8,11,14-23H2,1-6H3/t24-,25-,27+,29-,30+,31-,32-,33?,34-,35+,36+/m0/s1. The smallest absolute Gasteiger partial charge is 0.391 e. The molecule has 1 N–H and O–H groups in total. The normalized spacial score (nSPS) is 39.7. The molecule has 4 aliphatic carbocycles. The van der Waals surface area contributed by atoms with Gasteiger partial charge in [-0.2, -0.15) is 13.2 Å². The van der Waals surface area contributed by atoms with Crippen molar-refractivity contribution in [3.8, 4) is 5.75 Å². The van der Waals surface area contributed by atoms with Gasteiger partial charge < -0.3 is 14.6 Å². The van der Waals surface area contributed by atoms with Crippen LogP contribution >= 0.6 is 0 Å². The molecule has 6 heteroatoms. The maximum atomic E-state index is 13.5. The number of hydrogen-bond donors (Lipinski definition) is 1. The Hall–Kier alpha value is -1.27. The molecule has 1 unspecified atom stereocenters. The third kappa shape index (κ3) is 6.40. The maximum Gasteiger partial charge on any atom is 0.391 e. The highest BCUT2D eigenvalue weighted by Crippen LogP contribution is 2.69. The summed E-state index contributed by atoms with van der Waals surface area (Å²) < 4.78 is 52.4. The highest BCUT2D eigenvalue weighted by molar-refractivity contribution is 5.26. The van der Waals surface area contributed by atoms with Crippen LogP contribution in [0.5, 0.6) is 5.75 Å². The Morgan fingerprint density at radius 2 is 1.60 bits per heavy atom. The van der Waals surface area contributed by atoms with Gasteiger partial charge in [0.1, 0.15) is 5.75 Å². The molecule has 0 heterocycles.